The minimum absolute atomic E-state index is 0.211. The predicted molar refractivity (Wildman–Crippen MR) is 53.1 cm³/mol. The van der Waals surface area contributed by atoms with Crippen LogP contribution in [0.5, 0.6) is 0 Å². The van der Waals surface area contributed by atoms with E-state index in [0.717, 1.165) is 25.7 Å². The molecule has 3 nitrogen and oxygen atoms in total. The molecule has 0 aliphatic heterocycles. The van der Waals surface area contributed by atoms with Crippen molar-refractivity contribution in [3.8, 4) is 0 Å². The average molecular weight is 214 g/mol. The lowest BCUT2D eigenvalue weighted by Crippen LogP contribution is -2.24. The summed E-state index contributed by atoms with van der Waals surface area (Å²) < 4.78 is 22.3. The molecule has 0 unspecified atom stereocenters. The highest BCUT2D eigenvalue weighted by atomic mass is 28.3. The van der Waals surface area contributed by atoms with E-state index in [9.17, 15) is 4.46 Å². The molecule has 0 amide bonds. The molecule has 0 aromatic heterocycles. The molecule has 0 saturated heterocycles. The van der Waals surface area contributed by atoms with E-state index in [1.54, 1.807) is 0 Å². The second-order valence-electron chi connectivity index (χ2n) is 4.30. The standard InChI is InChI=1S/C10H18O3Si/c11-14(12-9-5-1-2-6-9)13-10-7-3-4-8-10/h9-10H,1-8H2. The molecule has 0 radical (unpaired) electrons. The fourth-order valence-corrected chi connectivity index (χ4v) is 3.38. The van der Waals surface area contributed by atoms with Crippen LogP contribution in [0.4, 0.5) is 0 Å². The fraction of sp³-hybridized carbons (Fsp3) is 1.00. The van der Waals surface area contributed by atoms with Gasteiger partial charge in [0.2, 0.25) is 0 Å². The van der Waals surface area contributed by atoms with Gasteiger partial charge in [0.15, 0.2) is 0 Å². The molecule has 0 heterocycles. The molecule has 80 valence electrons. The Morgan fingerprint density at radius 1 is 0.786 bits per heavy atom. The van der Waals surface area contributed by atoms with E-state index in [0.29, 0.717) is 0 Å². The van der Waals surface area contributed by atoms with Crippen LogP contribution in [0.1, 0.15) is 51.4 Å². The van der Waals surface area contributed by atoms with Gasteiger partial charge in [-0.05, 0) is 51.4 Å². The molecule has 2 aliphatic carbocycles. The Hall–Kier alpha value is -0.383. The van der Waals surface area contributed by atoms with Crippen LogP contribution < -0.4 is 0 Å². The molecule has 2 fully saturated rings. The summed E-state index contributed by atoms with van der Waals surface area (Å²) in [5, 5.41) is 0. The van der Waals surface area contributed by atoms with Crippen LogP contribution in [-0.2, 0) is 13.3 Å². The van der Waals surface area contributed by atoms with Crippen molar-refractivity contribution in [2.45, 2.75) is 63.6 Å². The van der Waals surface area contributed by atoms with Gasteiger partial charge < -0.3 is 8.85 Å². The molecule has 0 N–H and O–H groups in total. The molecule has 2 rings (SSSR count). The molecule has 2 aliphatic rings. The summed E-state index contributed by atoms with van der Waals surface area (Å²) in [7, 11) is -2.21. The summed E-state index contributed by atoms with van der Waals surface area (Å²) in [5.74, 6) is 0. The number of hydrogen-bond acceptors (Lipinski definition) is 3. The summed E-state index contributed by atoms with van der Waals surface area (Å²) >= 11 is 0. The SMILES string of the molecule is O=[Si](OC1CCCC1)OC1CCCC1. The van der Waals surface area contributed by atoms with Crippen molar-refractivity contribution in [3.63, 3.8) is 0 Å². The summed E-state index contributed by atoms with van der Waals surface area (Å²) in [5.41, 5.74) is 0. The zero-order valence-electron chi connectivity index (χ0n) is 8.54. The van der Waals surface area contributed by atoms with Crippen molar-refractivity contribution in [2.24, 2.45) is 0 Å². The lowest BCUT2D eigenvalue weighted by Gasteiger charge is -2.14. The molecule has 0 bridgehead atoms. The van der Waals surface area contributed by atoms with Crippen molar-refractivity contribution in [3.05, 3.63) is 0 Å². The second kappa shape index (κ2) is 4.91. The lowest BCUT2D eigenvalue weighted by molar-refractivity contribution is 0.0866. The largest absolute Gasteiger partial charge is 0.767 e. The second-order valence-corrected chi connectivity index (χ2v) is 5.27. The van der Waals surface area contributed by atoms with Crippen molar-refractivity contribution in [2.75, 3.05) is 0 Å². The maximum Gasteiger partial charge on any atom is 0.767 e. The Morgan fingerprint density at radius 2 is 1.14 bits per heavy atom. The summed E-state index contributed by atoms with van der Waals surface area (Å²) in [6, 6.07) is 0. The third-order valence-electron chi connectivity index (χ3n) is 3.13. The quantitative estimate of drug-likeness (QED) is 0.674. The zero-order chi connectivity index (χ0) is 9.80. The maximum atomic E-state index is 11.5. The van der Waals surface area contributed by atoms with Crippen LogP contribution in [0.15, 0.2) is 0 Å². The van der Waals surface area contributed by atoms with E-state index < -0.39 is 9.17 Å². The van der Waals surface area contributed by atoms with E-state index in [4.69, 9.17) is 8.85 Å². The zero-order valence-corrected chi connectivity index (χ0v) is 9.54. The van der Waals surface area contributed by atoms with Crippen LogP contribution in [-0.4, -0.2) is 21.4 Å². The van der Waals surface area contributed by atoms with Gasteiger partial charge in [-0.2, -0.15) is 0 Å². The maximum absolute atomic E-state index is 11.5. The summed E-state index contributed by atoms with van der Waals surface area (Å²) in [4.78, 5) is 0. The molecule has 0 spiro atoms. The van der Waals surface area contributed by atoms with Crippen molar-refractivity contribution in [1.82, 2.24) is 0 Å². The highest BCUT2D eigenvalue weighted by molar-refractivity contribution is 6.26. The fourth-order valence-electron chi connectivity index (χ4n) is 2.31. The third kappa shape index (κ3) is 2.80. The molecule has 4 heteroatoms. The Labute approximate surface area is 86.7 Å². The van der Waals surface area contributed by atoms with Gasteiger partial charge in [-0.25, -0.2) is 0 Å². The van der Waals surface area contributed by atoms with Crippen molar-refractivity contribution in [1.29, 1.82) is 0 Å². The van der Waals surface area contributed by atoms with Gasteiger partial charge in [0.25, 0.3) is 0 Å². The van der Waals surface area contributed by atoms with Crippen molar-refractivity contribution >= 4 is 9.17 Å². The Bertz CT molecular complexity index is 176. The van der Waals surface area contributed by atoms with Crippen LogP contribution in [0.25, 0.3) is 0 Å². The monoisotopic (exact) mass is 214 g/mol. The third-order valence-corrected chi connectivity index (χ3v) is 4.18. The minimum Gasteiger partial charge on any atom is -0.493 e. The molecular formula is C10H18O3Si. The molecular weight excluding hydrogens is 196 g/mol. The van der Waals surface area contributed by atoms with Gasteiger partial charge >= 0.3 is 9.17 Å². The molecule has 0 aromatic rings. The smallest absolute Gasteiger partial charge is 0.493 e. The van der Waals surface area contributed by atoms with Crippen molar-refractivity contribution < 1.29 is 13.3 Å². The molecule has 0 atom stereocenters. The summed E-state index contributed by atoms with van der Waals surface area (Å²) in [6.07, 6.45) is 9.51. The number of hydrogen-bond donors (Lipinski definition) is 0. The van der Waals surface area contributed by atoms with Crippen LogP contribution in [0.2, 0.25) is 0 Å². The first kappa shape index (κ1) is 10.1. The topological polar surface area (TPSA) is 35.5 Å². The lowest BCUT2D eigenvalue weighted by atomic mass is 10.3. The average Bonchev–Trinajstić information content (AvgIpc) is 2.76. The molecule has 2 saturated carbocycles. The van der Waals surface area contributed by atoms with E-state index in [-0.39, 0.29) is 12.2 Å². The molecule has 0 aromatic carbocycles. The molecule has 14 heavy (non-hydrogen) atoms. The minimum atomic E-state index is -2.21. The van der Waals surface area contributed by atoms with E-state index >= 15 is 0 Å². The Morgan fingerprint density at radius 3 is 1.50 bits per heavy atom. The number of rotatable bonds is 4. The Balaban J connectivity index is 1.66. The van der Waals surface area contributed by atoms with Gasteiger partial charge in [-0.3, -0.25) is 4.46 Å². The van der Waals surface area contributed by atoms with Gasteiger partial charge in [0.05, 0.1) is 12.2 Å². The van der Waals surface area contributed by atoms with Gasteiger partial charge in [0.1, 0.15) is 0 Å². The first-order valence-corrected chi connectivity index (χ1v) is 6.94. The highest BCUT2D eigenvalue weighted by Crippen LogP contribution is 2.23. The first-order valence-electron chi connectivity index (χ1n) is 5.72. The predicted octanol–water partition coefficient (Wildman–Crippen LogP) is 2.32. The Kier molecular flexibility index (Phi) is 3.56. The van der Waals surface area contributed by atoms with E-state index in [1.165, 1.54) is 25.7 Å². The van der Waals surface area contributed by atoms with E-state index in [1.807, 2.05) is 0 Å². The van der Waals surface area contributed by atoms with Crippen LogP contribution >= 0.6 is 0 Å². The van der Waals surface area contributed by atoms with Gasteiger partial charge in [-0.15, -0.1) is 0 Å². The highest BCUT2D eigenvalue weighted by Gasteiger charge is 2.26. The van der Waals surface area contributed by atoms with Crippen LogP contribution in [0, 0.1) is 0 Å². The van der Waals surface area contributed by atoms with E-state index in [2.05, 4.69) is 0 Å². The van der Waals surface area contributed by atoms with Gasteiger partial charge in [0, 0.05) is 0 Å². The first-order chi connectivity index (χ1) is 6.84. The summed E-state index contributed by atoms with van der Waals surface area (Å²) in [6.45, 7) is 0. The van der Waals surface area contributed by atoms with Crippen LogP contribution in [0.3, 0.4) is 0 Å². The normalized spacial score (nSPS) is 24.0. The van der Waals surface area contributed by atoms with Gasteiger partial charge in [-0.1, -0.05) is 0 Å².